The fraction of sp³-hybridized carbons (Fsp3) is 0.500. The Labute approximate surface area is 152 Å². The van der Waals surface area contributed by atoms with Crippen LogP contribution in [-0.2, 0) is 4.74 Å². The van der Waals surface area contributed by atoms with Gasteiger partial charge in [0.2, 0.25) is 0 Å². The molecule has 0 unspecified atom stereocenters. The van der Waals surface area contributed by atoms with Crippen molar-refractivity contribution >= 4 is 11.7 Å². The highest BCUT2D eigenvalue weighted by molar-refractivity contribution is 5.91. The minimum Gasteiger partial charge on any atom is -0.459 e. The van der Waals surface area contributed by atoms with Gasteiger partial charge in [-0.2, -0.15) is 0 Å². The predicted octanol–water partition coefficient (Wildman–Crippen LogP) is 2.40. The molecule has 0 radical (unpaired) electrons. The SMILES string of the molecule is Cc1cccnc1N1C[C@@H]2[C@H](CNC(=O)c3ccco3)[C@H]3CC[C@]2(C1)O3. The van der Waals surface area contributed by atoms with E-state index in [0.29, 0.717) is 24.1 Å². The number of rotatable bonds is 4. The molecule has 3 fully saturated rings. The number of aromatic nitrogens is 1. The number of fused-ring (bicyclic) bond motifs is 1. The Bertz CT molecular complexity index is 821. The molecule has 1 spiro atoms. The van der Waals surface area contributed by atoms with E-state index in [9.17, 15) is 4.79 Å². The van der Waals surface area contributed by atoms with Crippen molar-refractivity contribution in [2.75, 3.05) is 24.5 Å². The maximum Gasteiger partial charge on any atom is 0.286 e. The Balaban J connectivity index is 1.32. The summed E-state index contributed by atoms with van der Waals surface area (Å²) in [6.07, 6.45) is 5.81. The lowest BCUT2D eigenvalue weighted by atomic mass is 9.73. The van der Waals surface area contributed by atoms with Crippen LogP contribution >= 0.6 is 0 Å². The summed E-state index contributed by atoms with van der Waals surface area (Å²) in [5.74, 6) is 2.04. The molecule has 4 atom stereocenters. The van der Waals surface area contributed by atoms with Crippen LogP contribution in [0.5, 0.6) is 0 Å². The molecule has 136 valence electrons. The molecule has 0 saturated carbocycles. The van der Waals surface area contributed by atoms with E-state index in [-0.39, 0.29) is 17.6 Å². The number of carbonyl (C=O) groups is 1. The van der Waals surface area contributed by atoms with Gasteiger partial charge in [-0.25, -0.2) is 4.98 Å². The van der Waals surface area contributed by atoms with Crippen molar-refractivity contribution in [2.24, 2.45) is 11.8 Å². The number of hydrogen-bond acceptors (Lipinski definition) is 5. The third-order valence-corrected chi connectivity index (χ3v) is 6.31. The standard InChI is InChI=1S/C20H23N3O3/c1-13-4-2-8-21-18(13)23-11-15-14(16-6-7-20(15,12-23)26-16)10-22-19(24)17-5-3-9-25-17/h2-5,8-9,14-16H,6-7,10-12H2,1H3,(H,22,24)/t14-,15+,16+,20+/m0/s1. The van der Waals surface area contributed by atoms with E-state index in [1.807, 2.05) is 12.3 Å². The largest absolute Gasteiger partial charge is 0.459 e. The van der Waals surface area contributed by atoms with Crippen LogP contribution in [0, 0.1) is 18.8 Å². The Morgan fingerprint density at radius 1 is 1.42 bits per heavy atom. The molecule has 3 saturated heterocycles. The molecule has 6 heteroatoms. The van der Waals surface area contributed by atoms with Crippen molar-refractivity contribution < 1.29 is 13.9 Å². The van der Waals surface area contributed by atoms with Gasteiger partial charge in [-0.15, -0.1) is 0 Å². The summed E-state index contributed by atoms with van der Waals surface area (Å²) in [7, 11) is 0. The Kier molecular flexibility index (Phi) is 3.57. The molecule has 26 heavy (non-hydrogen) atoms. The predicted molar refractivity (Wildman–Crippen MR) is 96.0 cm³/mol. The minimum atomic E-state index is -0.151. The molecule has 2 aromatic heterocycles. The second-order valence-corrected chi connectivity index (χ2v) is 7.74. The fourth-order valence-corrected chi connectivity index (χ4v) is 5.14. The van der Waals surface area contributed by atoms with Gasteiger partial charge in [0.25, 0.3) is 5.91 Å². The lowest BCUT2D eigenvalue weighted by Crippen LogP contribution is -2.41. The number of amides is 1. The summed E-state index contributed by atoms with van der Waals surface area (Å²) < 4.78 is 11.7. The second kappa shape index (κ2) is 5.84. The third-order valence-electron chi connectivity index (χ3n) is 6.31. The molecule has 1 N–H and O–H groups in total. The molecule has 3 aliphatic rings. The number of furan rings is 1. The fourth-order valence-electron chi connectivity index (χ4n) is 5.14. The Hall–Kier alpha value is -2.34. The highest BCUT2D eigenvalue weighted by Crippen LogP contribution is 2.55. The topological polar surface area (TPSA) is 67.6 Å². The van der Waals surface area contributed by atoms with Crippen LogP contribution < -0.4 is 10.2 Å². The molecular weight excluding hydrogens is 330 g/mol. The van der Waals surface area contributed by atoms with Crippen molar-refractivity contribution in [3.05, 3.63) is 48.0 Å². The summed E-state index contributed by atoms with van der Waals surface area (Å²) in [5, 5.41) is 3.04. The van der Waals surface area contributed by atoms with Crippen LogP contribution in [0.2, 0.25) is 0 Å². The van der Waals surface area contributed by atoms with Gasteiger partial charge in [-0.05, 0) is 43.5 Å². The molecule has 6 nitrogen and oxygen atoms in total. The van der Waals surface area contributed by atoms with Crippen molar-refractivity contribution in [3.8, 4) is 0 Å². The van der Waals surface area contributed by atoms with Crippen LogP contribution in [0.4, 0.5) is 5.82 Å². The van der Waals surface area contributed by atoms with Crippen LogP contribution in [-0.4, -0.2) is 42.2 Å². The lowest BCUT2D eigenvalue weighted by molar-refractivity contribution is 0.0141. The number of ether oxygens (including phenoxy) is 1. The first-order valence-corrected chi connectivity index (χ1v) is 9.32. The van der Waals surface area contributed by atoms with Gasteiger partial charge >= 0.3 is 0 Å². The number of pyridine rings is 1. The van der Waals surface area contributed by atoms with E-state index in [1.54, 1.807) is 12.1 Å². The molecule has 5 heterocycles. The van der Waals surface area contributed by atoms with Gasteiger partial charge in [-0.3, -0.25) is 4.79 Å². The Morgan fingerprint density at radius 2 is 2.35 bits per heavy atom. The zero-order valence-corrected chi connectivity index (χ0v) is 14.9. The summed E-state index contributed by atoms with van der Waals surface area (Å²) >= 11 is 0. The van der Waals surface area contributed by atoms with Gasteiger partial charge in [0.1, 0.15) is 5.82 Å². The zero-order valence-electron chi connectivity index (χ0n) is 14.9. The molecule has 0 aromatic carbocycles. The number of nitrogens with zero attached hydrogens (tertiary/aromatic N) is 2. The van der Waals surface area contributed by atoms with Gasteiger partial charge < -0.3 is 19.4 Å². The normalized spacial score (nSPS) is 32.0. The first-order valence-electron chi connectivity index (χ1n) is 9.32. The van der Waals surface area contributed by atoms with Crippen LogP contribution in [0.3, 0.4) is 0 Å². The van der Waals surface area contributed by atoms with Crippen LogP contribution in [0.1, 0.15) is 29.0 Å². The van der Waals surface area contributed by atoms with E-state index in [1.165, 1.54) is 11.8 Å². The van der Waals surface area contributed by atoms with Gasteiger partial charge in [-0.1, -0.05) is 6.07 Å². The summed E-state index contributed by atoms with van der Waals surface area (Å²) in [6, 6.07) is 7.50. The quantitative estimate of drug-likeness (QED) is 0.914. The first kappa shape index (κ1) is 15.9. The summed E-state index contributed by atoms with van der Waals surface area (Å²) in [4.78, 5) is 19.2. The summed E-state index contributed by atoms with van der Waals surface area (Å²) in [6.45, 7) is 4.57. The molecule has 0 aliphatic carbocycles. The van der Waals surface area contributed by atoms with Gasteiger partial charge in [0.15, 0.2) is 5.76 Å². The van der Waals surface area contributed by atoms with Crippen molar-refractivity contribution in [3.63, 3.8) is 0 Å². The molecular formula is C20H23N3O3. The van der Waals surface area contributed by atoms with Gasteiger partial charge in [0, 0.05) is 37.7 Å². The van der Waals surface area contributed by atoms with E-state index in [2.05, 4.69) is 28.2 Å². The number of hydrogen-bond donors (Lipinski definition) is 1. The average molecular weight is 353 g/mol. The van der Waals surface area contributed by atoms with Crippen molar-refractivity contribution in [2.45, 2.75) is 31.5 Å². The number of anilines is 1. The second-order valence-electron chi connectivity index (χ2n) is 7.74. The first-order chi connectivity index (χ1) is 12.7. The number of carbonyl (C=O) groups excluding carboxylic acids is 1. The molecule has 5 rings (SSSR count). The number of aryl methyl sites for hydroxylation is 1. The van der Waals surface area contributed by atoms with E-state index in [0.717, 1.165) is 31.7 Å². The zero-order chi connectivity index (χ0) is 17.7. The maximum atomic E-state index is 12.2. The molecule has 3 aliphatic heterocycles. The highest BCUT2D eigenvalue weighted by Gasteiger charge is 2.63. The molecule has 2 bridgehead atoms. The molecule has 1 amide bonds. The lowest BCUT2D eigenvalue weighted by Gasteiger charge is -2.29. The van der Waals surface area contributed by atoms with Crippen molar-refractivity contribution in [1.29, 1.82) is 0 Å². The van der Waals surface area contributed by atoms with Gasteiger partial charge in [0.05, 0.1) is 18.0 Å². The van der Waals surface area contributed by atoms with E-state index >= 15 is 0 Å². The third kappa shape index (κ3) is 2.35. The summed E-state index contributed by atoms with van der Waals surface area (Å²) in [5.41, 5.74) is 1.12. The monoisotopic (exact) mass is 353 g/mol. The van der Waals surface area contributed by atoms with Crippen molar-refractivity contribution in [1.82, 2.24) is 10.3 Å². The average Bonchev–Trinajstić information content (AvgIpc) is 3.40. The van der Waals surface area contributed by atoms with E-state index < -0.39 is 0 Å². The Morgan fingerprint density at radius 3 is 3.15 bits per heavy atom. The maximum absolute atomic E-state index is 12.2. The smallest absolute Gasteiger partial charge is 0.286 e. The molecule has 2 aromatic rings. The highest BCUT2D eigenvalue weighted by atomic mass is 16.5. The van der Waals surface area contributed by atoms with Crippen LogP contribution in [0.15, 0.2) is 41.1 Å². The minimum absolute atomic E-state index is 0.0747. The van der Waals surface area contributed by atoms with E-state index in [4.69, 9.17) is 9.15 Å². The van der Waals surface area contributed by atoms with Crippen LogP contribution in [0.25, 0.3) is 0 Å². The number of nitrogens with one attached hydrogen (secondary N) is 1.